The van der Waals surface area contributed by atoms with Crippen LogP contribution in [0.1, 0.15) is 29.3 Å². The normalized spacial score (nSPS) is 10.6. The Morgan fingerprint density at radius 1 is 1.00 bits per heavy atom. The molecule has 0 atom stereocenters. The van der Waals surface area contributed by atoms with Crippen molar-refractivity contribution in [1.29, 1.82) is 0 Å². The van der Waals surface area contributed by atoms with Gasteiger partial charge in [-0.05, 0) is 41.0 Å². The predicted molar refractivity (Wildman–Crippen MR) is 110 cm³/mol. The molecule has 0 radical (unpaired) electrons. The summed E-state index contributed by atoms with van der Waals surface area (Å²) in [4.78, 5) is 24.5. The lowest BCUT2D eigenvalue weighted by molar-refractivity contribution is -0.115. The van der Waals surface area contributed by atoms with Crippen LogP contribution >= 0.6 is 11.6 Å². The second-order valence-corrected chi connectivity index (χ2v) is 6.72. The molecular weight excluding hydrogens is 360 g/mol. The van der Waals surface area contributed by atoms with Gasteiger partial charge in [0.2, 0.25) is 5.91 Å². The van der Waals surface area contributed by atoms with Gasteiger partial charge in [-0.2, -0.15) is 0 Å². The van der Waals surface area contributed by atoms with Gasteiger partial charge in [0.1, 0.15) is 0 Å². The maximum absolute atomic E-state index is 12.5. The van der Waals surface area contributed by atoms with Crippen LogP contribution in [0.5, 0.6) is 0 Å². The Labute approximate surface area is 163 Å². The Hall–Kier alpha value is -2.85. The summed E-state index contributed by atoms with van der Waals surface area (Å²) in [5.74, 6) is -0.346. The van der Waals surface area contributed by atoms with Crippen molar-refractivity contribution in [1.82, 2.24) is 5.32 Å². The van der Waals surface area contributed by atoms with Crippen molar-refractivity contribution in [2.45, 2.75) is 19.8 Å². The smallest absolute Gasteiger partial charge is 0.252 e. The summed E-state index contributed by atoms with van der Waals surface area (Å²) in [5.41, 5.74) is 1.93. The van der Waals surface area contributed by atoms with E-state index in [1.54, 1.807) is 18.2 Å². The molecule has 0 aliphatic rings. The minimum absolute atomic E-state index is 0.134. The van der Waals surface area contributed by atoms with Crippen molar-refractivity contribution >= 4 is 39.9 Å². The van der Waals surface area contributed by atoms with E-state index in [0.717, 1.165) is 22.8 Å². The molecule has 0 saturated heterocycles. The minimum Gasteiger partial charge on any atom is -0.352 e. The highest BCUT2D eigenvalue weighted by molar-refractivity contribution is 6.34. The largest absolute Gasteiger partial charge is 0.352 e. The zero-order chi connectivity index (χ0) is 19.2. The highest BCUT2D eigenvalue weighted by atomic mass is 35.5. The number of rotatable bonds is 6. The fourth-order valence-corrected chi connectivity index (χ4v) is 3.20. The van der Waals surface area contributed by atoms with Gasteiger partial charge in [-0.3, -0.25) is 9.59 Å². The number of hydrogen-bond acceptors (Lipinski definition) is 2. The standard InChI is InChI=1S/C22H21ClN2O2/c1-2-12-24-22(27)19-11-10-17(14-20(19)23)25-21(26)13-16-8-5-7-15-6-3-4-9-18(15)16/h3-11,14H,2,12-13H2,1H3,(H,24,27)(H,25,26). The van der Waals surface area contributed by atoms with Crippen molar-refractivity contribution < 1.29 is 9.59 Å². The molecule has 4 nitrogen and oxygen atoms in total. The van der Waals surface area contributed by atoms with Crippen molar-refractivity contribution in [3.05, 3.63) is 76.8 Å². The van der Waals surface area contributed by atoms with Crippen LogP contribution in [0.4, 0.5) is 5.69 Å². The van der Waals surface area contributed by atoms with Crippen LogP contribution in [-0.2, 0) is 11.2 Å². The second kappa shape index (κ2) is 8.69. The molecular formula is C22H21ClN2O2. The van der Waals surface area contributed by atoms with E-state index in [1.165, 1.54) is 0 Å². The number of hydrogen-bond donors (Lipinski definition) is 2. The molecule has 0 fully saturated rings. The van der Waals surface area contributed by atoms with Crippen LogP contribution in [0.2, 0.25) is 5.02 Å². The molecule has 3 aromatic carbocycles. The molecule has 27 heavy (non-hydrogen) atoms. The molecule has 0 bridgehead atoms. The molecule has 5 heteroatoms. The molecule has 0 spiro atoms. The minimum atomic E-state index is -0.213. The lowest BCUT2D eigenvalue weighted by Gasteiger charge is -2.10. The average Bonchev–Trinajstić information content (AvgIpc) is 2.66. The van der Waals surface area contributed by atoms with Crippen LogP contribution in [0, 0.1) is 0 Å². The fraction of sp³-hybridized carbons (Fsp3) is 0.182. The fourth-order valence-electron chi connectivity index (χ4n) is 2.94. The number of benzene rings is 3. The van der Waals surface area contributed by atoms with Crippen LogP contribution in [0.15, 0.2) is 60.7 Å². The number of anilines is 1. The van der Waals surface area contributed by atoms with Crippen LogP contribution < -0.4 is 10.6 Å². The molecule has 2 N–H and O–H groups in total. The Kier molecular flexibility index (Phi) is 6.09. The molecule has 0 aromatic heterocycles. The Bertz CT molecular complexity index is 980. The number of carbonyl (C=O) groups is 2. The quantitative estimate of drug-likeness (QED) is 0.644. The number of amides is 2. The van der Waals surface area contributed by atoms with Gasteiger partial charge >= 0.3 is 0 Å². The van der Waals surface area contributed by atoms with Crippen molar-refractivity contribution in [2.24, 2.45) is 0 Å². The summed E-state index contributed by atoms with van der Waals surface area (Å²) >= 11 is 6.21. The molecule has 138 valence electrons. The Morgan fingerprint density at radius 3 is 2.56 bits per heavy atom. The van der Waals surface area contributed by atoms with Crippen molar-refractivity contribution in [3.8, 4) is 0 Å². The molecule has 0 aliphatic heterocycles. The Balaban J connectivity index is 1.70. The molecule has 2 amide bonds. The third-order valence-electron chi connectivity index (χ3n) is 4.26. The van der Waals surface area contributed by atoms with E-state index in [2.05, 4.69) is 10.6 Å². The zero-order valence-electron chi connectivity index (χ0n) is 15.1. The lowest BCUT2D eigenvalue weighted by Crippen LogP contribution is -2.24. The predicted octanol–water partition coefficient (Wildman–Crippen LogP) is 4.81. The molecule has 0 aliphatic carbocycles. The lowest BCUT2D eigenvalue weighted by atomic mass is 10.0. The Morgan fingerprint density at radius 2 is 1.78 bits per heavy atom. The number of nitrogens with one attached hydrogen (secondary N) is 2. The van der Waals surface area contributed by atoms with E-state index in [9.17, 15) is 9.59 Å². The van der Waals surface area contributed by atoms with Gasteiger partial charge in [0.15, 0.2) is 0 Å². The van der Waals surface area contributed by atoms with E-state index in [1.807, 2.05) is 49.4 Å². The second-order valence-electron chi connectivity index (χ2n) is 6.31. The third-order valence-corrected chi connectivity index (χ3v) is 4.58. The van der Waals surface area contributed by atoms with E-state index >= 15 is 0 Å². The van der Waals surface area contributed by atoms with Gasteiger partial charge in [0, 0.05) is 12.2 Å². The van der Waals surface area contributed by atoms with Crippen LogP contribution in [0.3, 0.4) is 0 Å². The van der Waals surface area contributed by atoms with Gasteiger partial charge in [0.05, 0.1) is 17.0 Å². The van der Waals surface area contributed by atoms with E-state index in [-0.39, 0.29) is 18.2 Å². The highest BCUT2D eigenvalue weighted by Gasteiger charge is 2.12. The van der Waals surface area contributed by atoms with Crippen LogP contribution in [0.25, 0.3) is 10.8 Å². The van der Waals surface area contributed by atoms with Gasteiger partial charge in [-0.25, -0.2) is 0 Å². The third kappa shape index (κ3) is 4.66. The number of carbonyl (C=O) groups excluding carboxylic acids is 2. The summed E-state index contributed by atoms with van der Waals surface area (Å²) in [5, 5.41) is 8.12. The molecule has 0 unspecified atom stereocenters. The summed E-state index contributed by atoms with van der Waals surface area (Å²) in [6, 6.07) is 18.8. The maximum Gasteiger partial charge on any atom is 0.252 e. The highest BCUT2D eigenvalue weighted by Crippen LogP contribution is 2.22. The molecule has 3 aromatic rings. The maximum atomic E-state index is 12.5. The summed E-state index contributed by atoms with van der Waals surface area (Å²) in [7, 11) is 0. The van der Waals surface area contributed by atoms with Gasteiger partial charge in [-0.1, -0.05) is 61.0 Å². The number of halogens is 1. The van der Waals surface area contributed by atoms with Gasteiger partial charge in [-0.15, -0.1) is 0 Å². The first kappa shape index (κ1) is 18.9. The summed E-state index contributed by atoms with van der Waals surface area (Å²) < 4.78 is 0. The van der Waals surface area contributed by atoms with E-state index in [4.69, 9.17) is 11.6 Å². The topological polar surface area (TPSA) is 58.2 Å². The van der Waals surface area contributed by atoms with Gasteiger partial charge < -0.3 is 10.6 Å². The average molecular weight is 381 g/mol. The first-order chi connectivity index (χ1) is 13.1. The molecule has 0 heterocycles. The zero-order valence-corrected chi connectivity index (χ0v) is 15.8. The first-order valence-electron chi connectivity index (χ1n) is 8.92. The SMILES string of the molecule is CCCNC(=O)c1ccc(NC(=O)Cc2cccc3ccccc23)cc1Cl. The van der Waals surface area contributed by atoms with Gasteiger partial charge in [0.25, 0.3) is 5.91 Å². The monoisotopic (exact) mass is 380 g/mol. The van der Waals surface area contributed by atoms with Crippen LogP contribution in [-0.4, -0.2) is 18.4 Å². The summed E-state index contributed by atoms with van der Waals surface area (Å²) in [6.07, 6.45) is 1.11. The molecule has 3 rings (SSSR count). The first-order valence-corrected chi connectivity index (χ1v) is 9.30. The van der Waals surface area contributed by atoms with E-state index < -0.39 is 0 Å². The number of fused-ring (bicyclic) bond motifs is 1. The molecule has 0 saturated carbocycles. The summed E-state index contributed by atoms with van der Waals surface area (Å²) in [6.45, 7) is 2.58. The van der Waals surface area contributed by atoms with Crippen molar-refractivity contribution in [2.75, 3.05) is 11.9 Å². The van der Waals surface area contributed by atoms with Crippen molar-refractivity contribution in [3.63, 3.8) is 0 Å². The van der Waals surface area contributed by atoms with E-state index in [0.29, 0.717) is 22.8 Å².